The van der Waals surface area contributed by atoms with Gasteiger partial charge in [0, 0.05) is 29.2 Å². The fraction of sp³-hybridized carbons (Fsp3) is 0.500. The highest BCUT2D eigenvalue weighted by Gasteiger charge is 2.27. The molecule has 0 N–H and O–H groups in total. The summed E-state index contributed by atoms with van der Waals surface area (Å²) in [5.41, 5.74) is 0.599. The number of amides is 1. The first kappa shape index (κ1) is 14.7. The molecule has 1 aliphatic rings. The topological polar surface area (TPSA) is 23.6 Å². The van der Waals surface area contributed by atoms with E-state index in [1.807, 2.05) is 27.5 Å². The largest absolute Gasteiger partial charge is 0.336 e. The summed E-state index contributed by atoms with van der Waals surface area (Å²) >= 11 is 2.02. The van der Waals surface area contributed by atoms with E-state index in [1.54, 1.807) is 6.07 Å². The molecule has 0 aliphatic carbocycles. The molecule has 3 nitrogen and oxygen atoms in total. The zero-order chi connectivity index (χ0) is 14.0. The fourth-order valence-corrected chi connectivity index (χ4v) is 3.11. The van der Waals surface area contributed by atoms with Crippen LogP contribution < -0.4 is 0 Å². The maximum Gasteiger partial charge on any atom is 0.255 e. The number of carbonyl (C=O) groups excluding carboxylic acids is 1. The van der Waals surface area contributed by atoms with Crippen LogP contribution in [0.25, 0.3) is 0 Å². The Balaban J connectivity index is 2.15. The molecule has 1 aromatic rings. The number of hydrogen-bond acceptors (Lipinski definition) is 2. The van der Waals surface area contributed by atoms with E-state index in [9.17, 15) is 9.18 Å². The standard InChI is InChI=1S/C14H18FIN2O/c1-3-11-9-18(7-6-17(11)2)14(19)12-5-4-10(15)8-13(12)16/h4-5,8,11H,3,6-7,9H2,1-2H3. The van der Waals surface area contributed by atoms with Gasteiger partial charge >= 0.3 is 0 Å². The quantitative estimate of drug-likeness (QED) is 0.741. The van der Waals surface area contributed by atoms with Crippen LogP contribution >= 0.6 is 22.6 Å². The van der Waals surface area contributed by atoms with Crippen LogP contribution in [-0.4, -0.2) is 48.4 Å². The van der Waals surface area contributed by atoms with Crippen LogP contribution in [0.4, 0.5) is 4.39 Å². The maximum atomic E-state index is 13.1. The van der Waals surface area contributed by atoms with Gasteiger partial charge in [-0.3, -0.25) is 9.69 Å². The smallest absolute Gasteiger partial charge is 0.255 e. The lowest BCUT2D eigenvalue weighted by Gasteiger charge is -2.39. The van der Waals surface area contributed by atoms with Crippen LogP contribution in [0.2, 0.25) is 0 Å². The maximum absolute atomic E-state index is 13.1. The molecule has 2 rings (SSSR count). The van der Waals surface area contributed by atoms with Crippen LogP contribution in [0.1, 0.15) is 23.7 Å². The lowest BCUT2D eigenvalue weighted by atomic mass is 10.1. The van der Waals surface area contributed by atoms with Crippen molar-refractivity contribution in [2.24, 2.45) is 0 Å². The van der Waals surface area contributed by atoms with E-state index >= 15 is 0 Å². The van der Waals surface area contributed by atoms with Crippen LogP contribution in [0.3, 0.4) is 0 Å². The second-order valence-electron chi connectivity index (χ2n) is 4.92. The van der Waals surface area contributed by atoms with Crippen molar-refractivity contribution in [3.05, 3.63) is 33.1 Å². The molecule has 0 aromatic heterocycles. The predicted octanol–water partition coefficient (Wildman–Crippen LogP) is 2.60. The molecule has 1 fully saturated rings. The summed E-state index contributed by atoms with van der Waals surface area (Å²) in [5, 5.41) is 0. The summed E-state index contributed by atoms with van der Waals surface area (Å²) in [4.78, 5) is 16.6. The number of benzene rings is 1. The van der Waals surface area contributed by atoms with Gasteiger partial charge in [-0.05, 0) is 54.3 Å². The Kier molecular flexibility index (Phi) is 4.78. The van der Waals surface area contributed by atoms with Gasteiger partial charge in [-0.1, -0.05) is 6.92 Å². The molecule has 5 heteroatoms. The van der Waals surface area contributed by atoms with Crippen molar-refractivity contribution in [1.29, 1.82) is 0 Å². The van der Waals surface area contributed by atoms with E-state index in [0.717, 1.165) is 26.1 Å². The lowest BCUT2D eigenvalue weighted by molar-refractivity contribution is 0.0541. The minimum absolute atomic E-state index is 0.0101. The minimum Gasteiger partial charge on any atom is -0.336 e. The molecule has 0 saturated carbocycles. The monoisotopic (exact) mass is 376 g/mol. The molecule has 0 bridgehead atoms. The third kappa shape index (κ3) is 3.25. The van der Waals surface area contributed by atoms with Crippen molar-refractivity contribution >= 4 is 28.5 Å². The molecule has 1 saturated heterocycles. The van der Waals surface area contributed by atoms with E-state index in [2.05, 4.69) is 18.9 Å². The molecular formula is C14H18FIN2O. The highest BCUT2D eigenvalue weighted by molar-refractivity contribution is 14.1. The van der Waals surface area contributed by atoms with Gasteiger partial charge in [0.15, 0.2) is 0 Å². The predicted molar refractivity (Wildman–Crippen MR) is 81.7 cm³/mol. The number of nitrogens with zero attached hydrogens (tertiary/aromatic N) is 2. The summed E-state index contributed by atoms with van der Waals surface area (Å²) in [6.45, 7) is 4.51. The van der Waals surface area contributed by atoms with E-state index in [-0.39, 0.29) is 11.7 Å². The van der Waals surface area contributed by atoms with E-state index in [0.29, 0.717) is 15.2 Å². The highest BCUT2D eigenvalue weighted by atomic mass is 127. The zero-order valence-electron chi connectivity index (χ0n) is 11.2. The van der Waals surface area contributed by atoms with Crippen molar-refractivity contribution in [3.8, 4) is 0 Å². The van der Waals surface area contributed by atoms with Gasteiger partial charge in [-0.25, -0.2) is 4.39 Å². The molecule has 0 radical (unpaired) electrons. The van der Waals surface area contributed by atoms with Crippen molar-refractivity contribution < 1.29 is 9.18 Å². The van der Waals surface area contributed by atoms with Crippen LogP contribution in [0.15, 0.2) is 18.2 Å². The van der Waals surface area contributed by atoms with Gasteiger partial charge in [0.2, 0.25) is 0 Å². The van der Waals surface area contributed by atoms with Crippen molar-refractivity contribution in [2.45, 2.75) is 19.4 Å². The normalized spacial score (nSPS) is 20.6. The number of hydrogen-bond donors (Lipinski definition) is 0. The fourth-order valence-electron chi connectivity index (χ4n) is 2.40. The summed E-state index contributed by atoms with van der Waals surface area (Å²) in [7, 11) is 2.09. The minimum atomic E-state index is -0.300. The Bertz CT molecular complexity index is 481. The van der Waals surface area contributed by atoms with Crippen LogP contribution in [-0.2, 0) is 0 Å². The molecule has 1 amide bonds. The third-order valence-electron chi connectivity index (χ3n) is 3.70. The van der Waals surface area contributed by atoms with Crippen molar-refractivity contribution in [2.75, 3.05) is 26.7 Å². The number of likely N-dealkylation sites (N-methyl/N-ethyl adjacent to an activating group) is 1. The van der Waals surface area contributed by atoms with Gasteiger partial charge in [0.05, 0.1) is 5.56 Å². The van der Waals surface area contributed by atoms with Crippen molar-refractivity contribution in [1.82, 2.24) is 9.80 Å². The highest BCUT2D eigenvalue weighted by Crippen LogP contribution is 2.19. The van der Waals surface area contributed by atoms with Gasteiger partial charge in [0.1, 0.15) is 5.82 Å². The van der Waals surface area contributed by atoms with Gasteiger partial charge < -0.3 is 4.90 Å². The first-order valence-electron chi connectivity index (χ1n) is 6.47. The molecule has 1 aliphatic heterocycles. The number of carbonyl (C=O) groups is 1. The van der Waals surface area contributed by atoms with Gasteiger partial charge in [-0.2, -0.15) is 0 Å². The second-order valence-corrected chi connectivity index (χ2v) is 6.08. The third-order valence-corrected chi connectivity index (χ3v) is 4.59. The molecule has 104 valence electrons. The Morgan fingerprint density at radius 3 is 2.84 bits per heavy atom. The molecule has 1 unspecified atom stereocenters. The number of rotatable bonds is 2. The van der Waals surface area contributed by atoms with Gasteiger partial charge in [-0.15, -0.1) is 0 Å². The van der Waals surface area contributed by atoms with Gasteiger partial charge in [0.25, 0.3) is 5.91 Å². The molecule has 0 spiro atoms. The van der Waals surface area contributed by atoms with Crippen LogP contribution in [0, 0.1) is 9.39 Å². The molecule has 1 heterocycles. The van der Waals surface area contributed by atoms with E-state index < -0.39 is 0 Å². The Morgan fingerprint density at radius 2 is 2.21 bits per heavy atom. The van der Waals surface area contributed by atoms with E-state index in [1.165, 1.54) is 12.1 Å². The summed E-state index contributed by atoms with van der Waals surface area (Å²) < 4.78 is 13.8. The molecule has 1 atom stereocenters. The average Bonchev–Trinajstić information content (AvgIpc) is 2.38. The molecule has 19 heavy (non-hydrogen) atoms. The van der Waals surface area contributed by atoms with Crippen LogP contribution in [0.5, 0.6) is 0 Å². The first-order valence-corrected chi connectivity index (χ1v) is 7.55. The Hall–Kier alpha value is -0.690. The zero-order valence-corrected chi connectivity index (χ0v) is 13.4. The summed E-state index contributed by atoms with van der Waals surface area (Å²) in [5.74, 6) is -0.290. The summed E-state index contributed by atoms with van der Waals surface area (Å²) in [6.07, 6.45) is 1.03. The number of halogens is 2. The first-order chi connectivity index (χ1) is 9.02. The Morgan fingerprint density at radius 1 is 1.47 bits per heavy atom. The second kappa shape index (κ2) is 6.17. The van der Waals surface area contributed by atoms with Crippen molar-refractivity contribution in [3.63, 3.8) is 0 Å². The van der Waals surface area contributed by atoms with E-state index in [4.69, 9.17) is 0 Å². The lowest BCUT2D eigenvalue weighted by Crippen LogP contribution is -2.53. The number of piperazine rings is 1. The average molecular weight is 376 g/mol. The molecular weight excluding hydrogens is 358 g/mol. The Labute approximate surface area is 126 Å². The molecule has 1 aromatic carbocycles. The summed E-state index contributed by atoms with van der Waals surface area (Å²) in [6, 6.07) is 4.75. The SMILES string of the molecule is CCC1CN(C(=O)c2ccc(F)cc2I)CCN1C.